The topological polar surface area (TPSA) is 96.5 Å². The van der Waals surface area contributed by atoms with Crippen LogP contribution in [0.25, 0.3) is 0 Å². The molecule has 2 aromatic rings. The molecule has 0 aliphatic rings. The number of H-pyrrole nitrogens is 1. The summed E-state index contributed by atoms with van der Waals surface area (Å²) in [5, 5.41) is 20.7. The fourth-order valence-electron chi connectivity index (χ4n) is 1.52. The van der Waals surface area contributed by atoms with Gasteiger partial charge in [-0.3, -0.25) is 4.79 Å². The number of aryl methyl sites for hydroxylation is 1. The van der Waals surface area contributed by atoms with E-state index in [4.69, 9.17) is 0 Å². The third kappa shape index (κ3) is 2.50. The van der Waals surface area contributed by atoms with Crippen molar-refractivity contribution in [3.63, 3.8) is 0 Å². The number of amides is 1. The van der Waals surface area contributed by atoms with Crippen molar-refractivity contribution in [3.05, 3.63) is 35.4 Å². The van der Waals surface area contributed by atoms with Gasteiger partial charge in [0.1, 0.15) is 5.69 Å². The fourth-order valence-corrected chi connectivity index (χ4v) is 1.52. The molecule has 0 bridgehead atoms. The standard InChI is InChI=1S/C11H14N6O/c1-7-4-8(5-12-15-7)10(18)14-11(2,3)9-6-13-17-16-9/h4-6H,1-3H3,(H,14,18)(H,13,16,17). The highest BCUT2D eigenvalue weighted by molar-refractivity contribution is 5.94. The Hall–Kier alpha value is -2.31. The maximum absolute atomic E-state index is 12.1. The zero-order valence-corrected chi connectivity index (χ0v) is 10.4. The number of carbonyl (C=O) groups excluding carboxylic acids is 1. The van der Waals surface area contributed by atoms with Crippen molar-refractivity contribution in [3.8, 4) is 0 Å². The van der Waals surface area contributed by atoms with Crippen LogP contribution < -0.4 is 5.32 Å². The highest BCUT2D eigenvalue weighted by Gasteiger charge is 2.26. The second-order valence-corrected chi connectivity index (χ2v) is 4.52. The zero-order chi connectivity index (χ0) is 13.2. The first-order valence-electron chi connectivity index (χ1n) is 5.47. The van der Waals surface area contributed by atoms with Gasteiger partial charge in [0.05, 0.1) is 29.2 Å². The molecule has 0 aliphatic carbocycles. The van der Waals surface area contributed by atoms with E-state index >= 15 is 0 Å². The van der Waals surface area contributed by atoms with Crippen molar-refractivity contribution in [1.82, 2.24) is 30.9 Å². The molecule has 2 rings (SSSR count). The number of hydrogen-bond acceptors (Lipinski definition) is 5. The summed E-state index contributed by atoms with van der Waals surface area (Å²) in [7, 11) is 0. The highest BCUT2D eigenvalue weighted by atomic mass is 16.1. The first-order chi connectivity index (χ1) is 8.49. The minimum Gasteiger partial charge on any atom is -0.341 e. The Morgan fingerprint density at radius 3 is 2.78 bits per heavy atom. The van der Waals surface area contributed by atoms with E-state index in [1.807, 2.05) is 13.8 Å². The number of rotatable bonds is 3. The van der Waals surface area contributed by atoms with Gasteiger partial charge in [-0.05, 0) is 26.8 Å². The van der Waals surface area contributed by atoms with E-state index in [1.54, 1.807) is 19.2 Å². The number of nitrogens with zero attached hydrogens (tertiary/aromatic N) is 4. The van der Waals surface area contributed by atoms with E-state index < -0.39 is 5.54 Å². The molecule has 0 saturated heterocycles. The van der Waals surface area contributed by atoms with Crippen LogP contribution in [0.2, 0.25) is 0 Å². The van der Waals surface area contributed by atoms with Gasteiger partial charge in [-0.1, -0.05) is 0 Å². The van der Waals surface area contributed by atoms with Gasteiger partial charge in [0.15, 0.2) is 0 Å². The largest absolute Gasteiger partial charge is 0.341 e. The van der Waals surface area contributed by atoms with E-state index in [2.05, 4.69) is 30.9 Å². The smallest absolute Gasteiger partial charge is 0.253 e. The average Bonchev–Trinajstić information content (AvgIpc) is 2.82. The van der Waals surface area contributed by atoms with Gasteiger partial charge in [-0.2, -0.15) is 25.6 Å². The third-order valence-corrected chi connectivity index (χ3v) is 2.52. The van der Waals surface area contributed by atoms with Crippen molar-refractivity contribution in [2.75, 3.05) is 0 Å². The summed E-state index contributed by atoms with van der Waals surface area (Å²) in [5.41, 5.74) is 1.22. The maximum Gasteiger partial charge on any atom is 0.253 e. The minimum atomic E-state index is -0.610. The van der Waals surface area contributed by atoms with Crippen molar-refractivity contribution >= 4 is 5.91 Å². The molecule has 0 fully saturated rings. The molecule has 7 heteroatoms. The molecule has 0 aromatic carbocycles. The summed E-state index contributed by atoms with van der Waals surface area (Å²) < 4.78 is 0. The van der Waals surface area contributed by atoms with Crippen LogP contribution in [0.15, 0.2) is 18.5 Å². The first kappa shape index (κ1) is 12.2. The number of aromatic nitrogens is 5. The first-order valence-corrected chi connectivity index (χ1v) is 5.47. The summed E-state index contributed by atoms with van der Waals surface area (Å²) >= 11 is 0. The van der Waals surface area contributed by atoms with Crippen LogP contribution in [0.5, 0.6) is 0 Å². The Morgan fingerprint density at radius 2 is 2.17 bits per heavy atom. The number of nitrogens with one attached hydrogen (secondary N) is 2. The molecular formula is C11H14N6O. The van der Waals surface area contributed by atoms with E-state index in [0.29, 0.717) is 17.0 Å². The Morgan fingerprint density at radius 1 is 1.39 bits per heavy atom. The monoisotopic (exact) mass is 246 g/mol. The molecule has 2 N–H and O–H groups in total. The van der Waals surface area contributed by atoms with Crippen LogP contribution in [-0.4, -0.2) is 31.5 Å². The minimum absolute atomic E-state index is 0.221. The van der Waals surface area contributed by atoms with Gasteiger partial charge in [0.25, 0.3) is 5.91 Å². The molecule has 1 amide bonds. The van der Waals surface area contributed by atoms with E-state index in [9.17, 15) is 4.79 Å². The fraction of sp³-hybridized carbons (Fsp3) is 0.364. The summed E-state index contributed by atoms with van der Waals surface area (Å²) in [4.78, 5) is 12.1. The Labute approximate surface area is 104 Å². The van der Waals surface area contributed by atoms with Crippen LogP contribution in [-0.2, 0) is 5.54 Å². The molecule has 0 aliphatic heterocycles. The zero-order valence-electron chi connectivity index (χ0n) is 10.4. The van der Waals surface area contributed by atoms with Crippen molar-refractivity contribution < 1.29 is 4.79 Å². The van der Waals surface area contributed by atoms with Gasteiger partial charge >= 0.3 is 0 Å². The quantitative estimate of drug-likeness (QED) is 0.825. The van der Waals surface area contributed by atoms with Gasteiger partial charge in [0, 0.05) is 0 Å². The highest BCUT2D eigenvalue weighted by Crippen LogP contribution is 2.16. The predicted octanol–water partition coefficient (Wildman–Crippen LogP) is 0.568. The number of aromatic amines is 1. The summed E-state index contributed by atoms with van der Waals surface area (Å²) in [6.45, 7) is 5.49. The Bertz CT molecular complexity index is 548. The predicted molar refractivity (Wildman–Crippen MR) is 63.6 cm³/mol. The van der Waals surface area contributed by atoms with E-state index in [-0.39, 0.29) is 5.91 Å². The lowest BCUT2D eigenvalue weighted by Crippen LogP contribution is -2.41. The van der Waals surface area contributed by atoms with E-state index in [0.717, 1.165) is 0 Å². The van der Waals surface area contributed by atoms with Gasteiger partial charge in [-0.25, -0.2) is 0 Å². The second kappa shape index (κ2) is 4.52. The Kier molecular flexibility index (Phi) is 3.05. The van der Waals surface area contributed by atoms with Gasteiger partial charge in [-0.15, -0.1) is 0 Å². The summed E-state index contributed by atoms with van der Waals surface area (Å²) in [6, 6.07) is 1.68. The van der Waals surface area contributed by atoms with Crippen LogP contribution in [0.4, 0.5) is 0 Å². The molecule has 2 heterocycles. The molecule has 0 saturated carbocycles. The second-order valence-electron chi connectivity index (χ2n) is 4.52. The van der Waals surface area contributed by atoms with Crippen molar-refractivity contribution in [2.24, 2.45) is 0 Å². The third-order valence-electron chi connectivity index (χ3n) is 2.52. The van der Waals surface area contributed by atoms with Crippen molar-refractivity contribution in [1.29, 1.82) is 0 Å². The molecule has 7 nitrogen and oxygen atoms in total. The summed E-state index contributed by atoms with van der Waals surface area (Å²) in [5.74, 6) is -0.221. The normalized spacial score (nSPS) is 11.3. The van der Waals surface area contributed by atoms with E-state index in [1.165, 1.54) is 6.20 Å². The lowest BCUT2D eigenvalue weighted by Gasteiger charge is -2.23. The lowest BCUT2D eigenvalue weighted by molar-refractivity contribution is 0.0909. The molecule has 0 unspecified atom stereocenters. The number of carbonyl (C=O) groups is 1. The van der Waals surface area contributed by atoms with Crippen molar-refractivity contribution in [2.45, 2.75) is 26.3 Å². The molecule has 0 atom stereocenters. The van der Waals surface area contributed by atoms with Gasteiger partial charge in [0.2, 0.25) is 0 Å². The number of hydrogen-bond donors (Lipinski definition) is 2. The maximum atomic E-state index is 12.1. The Balaban J connectivity index is 2.17. The lowest BCUT2D eigenvalue weighted by atomic mass is 10.0. The molecule has 18 heavy (non-hydrogen) atoms. The molecule has 2 aromatic heterocycles. The molecule has 0 spiro atoms. The van der Waals surface area contributed by atoms with Crippen LogP contribution >= 0.6 is 0 Å². The SMILES string of the molecule is Cc1cc(C(=O)NC(C)(C)c2cn[nH]n2)cnn1. The average molecular weight is 246 g/mol. The van der Waals surface area contributed by atoms with Crippen LogP contribution in [0, 0.1) is 6.92 Å². The molecule has 94 valence electrons. The van der Waals surface area contributed by atoms with Crippen LogP contribution in [0.1, 0.15) is 35.6 Å². The summed E-state index contributed by atoms with van der Waals surface area (Å²) in [6.07, 6.45) is 3.01. The molecular weight excluding hydrogens is 232 g/mol. The van der Waals surface area contributed by atoms with Gasteiger partial charge < -0.3 is 5.32 Å². The molecule has 0 radical (unpaired) electrons. The van der Waals surface area contributed by atoms with Crippen LogP contribution in [0.3, 0.4) is 0 Å².